The summed E-state index contributed by atoms with van der Waals surface area (Å²) >= 11 is 0. The number of unbranched alkanes of at least 4 members (excludes halogenated alkanes) is 1. The second-order valence-corrected chi connectivity index (χ2v) is 6.06. The standard InChI is InChI=1S/C17H23FN2O/c1-13-6-5-7-15(16(13)18)21-11-4-3-10-17(2,12-19)20-14-8-9-14/h5-7,14,20H,3-4,8-11H2,1-2H3. The average Bonchev–Trinajstić information content (AvgIpc) is 3.27. The predicted octanol–water partition coefficient (Wildman–Crippen LogP) is 3.72. The summed E-state index contributed by atoms with van der Waals surface area (Å²) in [5.41, 5.74) is 0.147. The first-order valence-corrected chi connectivity index (χ1v) is 7.61. The number of benzene rings is 1. The number of aryl methyl sites for hydroxylation is 1. The molecule has 1 unspecified atom stereocenters. The Labute approximate surface area is 126 Å². The first-order chi connectivity index (χ1) is 10.0. The quantitative estimate of drug-likeness (QED) is 0.742. The van der Waals surface area contributed by atoms with Gasteiger partial charge in [-0.25, -0.2) is 4.39 Å². The first kappa shape index (κ1) is 15.8. The van der Waals surface area contributed by atoms with E-state index in [1.807, 2.05) is 6.92 Å². The van der Waals surface area contributed by atoms with Crippen molar-refractivity contribution in [2.75, 3.05) is 6.61 Å². The molecular weight excluding hydrogens is 267 g/mol. The maximum Gasteiger partial charge on any atom is 0.167 e. The lowest BCUT2D eigenvalue weighted by atomic mass is 9.96. The number of nitrogens with one attached hydrogen (secondary N) is 1. The van der Waals surface area contributed by atoms with Crippen molar-refractivity contribution in [1.29, 1.82) is 5.26 Å². The molecule has 1 N–H and O–H groups in total. The van der Waals surface area contributed by atoms with Gasteiger partial charge in [-0.15, -0.1) is 0 Å². The molecule has 1 atom stereocenters. The molecule has 1 aromatic carbocycles. The molecule has 0 aromatic heterocycles. The van der Waals surface area contributed by atoms with E-state index in [2.05, 4.69) is 11.4 Å². The Morgan fingerprint density at radius 1 is 1.43 bits per heavy atom. The highest BCUT2D eigenvalue weighted by molar-refractivity contribution is 5.29. The minimum atomic E-state index is -0.449. The Kier molecular flexibility index (Phi) is 5.19. The lowest BCUT2D eigenvalue weighted by Gasteiger charge is -2.23. The number of nitrogens with zero attached hydrogens (tertiary/aromatic N) is 1. The molecule has 21 heavy (non-hydrogen) atoms. The van der Waals surface area contributed by atoms with E-state index in [9.17, 15) is 9.65 Å². The summed E-state index contributed by atoms with van der Waals surface area (Å²) in [6, 6.07) is 8.05. The number of hydrogen-bond donors (Lipinski definition) is 1. The topological polar surface area (TPSA) is 45.0 Å². The van der Waals surface area contributed by atoms with Crippen LogP contribution in [0.25, 0.3) is 0 Å². The van der Waals surface area contributed by atoms with E-state index in [0.717, 1.165) is 19.3 Å². The summed E-state index contributed by atoms with van der Waals surface area (Å²) in [4.78, 5) is 0. The van der Waals surface area contributed by atoms with Crippen LogP contribution in [0.1, 0.15) is 44.6 Å². The SMILES string of the molecule is Cc1cccc(OCCCCC(C)(C#N)NC2CC2)c1F. The molecule has 0 bridgehead atoms. The van der Waals surface area contributed by atoms with Crippen molar-refractivity contribution in [2.24, 2.45) is 0 Å². The van der Waals surface area contributed by atoms with Crippen LogP contribution in [0, 0.1) is 24.1 Å². The van der Waals surface area contributed by atoms with Crippen LogP contribution in [0.15, 0.2) is 18.2 Å². The summed E-state index contributed by atoms with van der Waals surface area (Å²) in [5, 5.41) is 12.7. The normalized spacial score (nSPS) is 17.0. The molecule has 0 saturated heterocycles. The Hall–Kier alpha value is -1.60. The van der Waals surface area contributed by atoms with Gasteiger partial charge in [0.25, 0.3) is 0 Å². The summed E-state index contributed by atoms with van der Waals surface area (Å²) in [6.07, 6.45) is 4.84. The van der Waals surface area contributed by atoms with E-state index in [0.29, 0.717) is 24.0 Å². The van der Waals surface area contributed by atoms with E-state index in [4.69, 9.17) is 4.74 Å². The zero-order valence-electron chi connectivity index (χ0n) is 12.8. The van der Waals surface area contributed by atoms with Crippen LogP contribution in [-0.4, -0.2) is 18.2 Å². The molecule has 4 heteroatoms. The molecule has 1 saturated carbocycles. The van der Waals surface area contributed by atoms with Crippen molar-refractivity contribution in [1.82, 2.24) is 5.32 Å². The van der Waals surface area contributed by atoms with Gasteiger partial charge >= 0.3 is 0 Å². The van der Waals surface area contributed by atoms with E-state index in [-0.39, 0.29) is 5.82 Å². The van der Waals surface area contributed by atoms with Crippen LogP contribution in [0.5, 0.6) is 5.75 Å². The molecular formula is C17H23FN2O. The van der Waals surface area contributed by atoms with Crippen LogP contribution in [-0.2, 0) is 0 Å². The second-order valence-electron chi connectivity index (χ2n) is 6.06. The van der Waals surface area contributed by atoms with Crippen molar-refractivity contribution in [2.45, 2.75) is 57.5 Å². The fraction of sp³-hybridized carbons (Fsp3) is 0.588. The van der Waals surface area contributed by atoms with Gasteiger partial charge < -0.3 is 4.74 Å². The number of hydrogen-bond acceptors (Lipinski definition) is 3. The zero-order valence-corrected chi connectivity index (χ0v) is 12.8. The number of halogens is 1. The molecule has 114 valence electrons. The number of ether oxygens (including phenoxy) is 1. The lowest BCUT2D eigenvalue weighted by molar-refractivity contribution is 0.282. The highest BCUT2D eigenvalue weighted by Gasteiger charge is 2.31. The number of rotatable bonds is 8. The van der Waals surface area contributed by atoms with Crippen LogP contribution in [0.4, 0.5) is 4.39 Å². The Morgan fingerprint density at radius 2 is 2.19 bits per heavy atom. The third kappa shape index (κ3) is 4.71. The van der Waals surface area contributed by atoms with Gasteiger partial charge in [0.15, 0.2) is 11.6 Å². The van der Waals surface area contributed by atoms with Crippen molar-refractivity contribution in [3.8, 4) is 11.8 Å². The van der Waals surface area contributed by atoms with E-state index in [1.165, 1.54) is 12.8 Å². The van der Waals surface area contributed by atoms with Crippen LogP contribution >= 0.6 is 0 Å². The average molecular weight is 290 g/mol. The van der Waals surface area contributed by atoms with Crippen molar-refractivity contribution in [3.63, 3.8) is 0 Å². The second kappa shape index (κ2) is 6.91. The minimum Gasteiger partial charge on any atom is -0.491 e. The molecule has 2 rings (SSSR count). The monoisotopic (exact) mass is 290 g/mol. The third-order valence-corrected chi connectivity index (χ3v) is 3.83. The van der Waals surface area contributed by atoms with Gasteiger partial charge in [-0.05, 0) is 57.6 Å². The van der Waals surface area contributed by atoms with Gasteiger partial charge in [-0.2, -0.15) is 5.26 Å². The molecule has 1 aliphatic carbocycles. The predicted molar refractivity (Wildman–Crippen MR) is 80.7 cm³/mol. The van der Waals surface area contributed by atoms with Gasteiger partial charge in [-0.3, -0.25) is 5.32 Å². The number of nitriles is 1. The fourth-order valence-corrected chi connectivity index (χ4v) is 2.33. The summed E-state index contributed by atoms with van der Waals surface area (Å²) in [6.45, 7) is 4.15. The van der Waals surface area contributed by atoms with Gasteiger partial charge in [0.05, 0.1) is 12.7 Å². The summed E-state index contributed by atoms with van der Waals surface area (Å²) in [5.74, 6) is 0.0314. The fourth-order valence-electron chi connectivity index (χ4n) is 2.33. The molecule has 0 radical (unpaired) electrons. The molecule has 0 amide bonds. The molecule has 1 fully saturated rings. The molecule has 0 heterocycles. The molecule has 1 aromatic rings. The Morgan fingerprint density at radius 3 is 2.86 bits per heavy atom. The van der Waals surface area contributed by atoms with E-state index in [1.54, 1.807) is 25.1 Å². The minimum absolute atomic E-state index is 0.283. The highest BCUT2D eigenvalue weighted by atomic mass is 19.1. The summed E-state index contributed by atoms with van der Waals surface area (Å²) in [7, 11) is 0. The molecule has 3 nitrogen and oxygen atoms in total. The molecule has 1 aliphatic rings. The van der Waals surface area contributed by atoms with E-state index >= 15 is 0 Å². The van der Waals surface area contributed by atoms with Gasteiger partial charge in [0.1, 0.15) is 5.54 Å². The maximum atomic E-state index is 13.7. The summed E-state index contributed by atoms with van der Waals surface area (Å²) < 4.78 is 19.2. The van der Waals surface area contributed by atoms with Crippen LogP contribution in [0.3, 0.4) is 0 Å². The maximum absolute atomic E-state index is 13.7. The van der Waals surface area contributed by atoms with Crippen LogP contribution in [0.2, 0.25) is 0 Å². The molecule has 0 spiro atoms. The van der Waals surface area contributed by atoms with Gasteiger partial charge in [-0.1, -0.05) is 12.1 Å². The largest absolute Gasteiger partial charge is 0.491 e. The smallest absolute Gasteiger partial charge is 0.167 e. The molecule has 0 aliphatic heterocycles. The van der Waals surface area contributed by atoms with Crippen LogP contribution < -0.4 is 10.1 Å². The third-order valence-electron chi connectivity index (χ3n) is 3.83. The van der Waals surface area contributed by atoms with Crippen molar-refractivity contribution in [3.05, 3.63) is 29.6 Å². The van der Waals surface area contributed by atoms with Gasteiger partial charge in [0, 0.05) is 6.04 Å². The Bertz CT molecular complexity index is 522. The zero-order chi connectivity index (χ0) is 15.3. The van der Waals surface area contributed by atoms with Crippen molar-refractivity contribution >= 4 is 0 Å². The highest BCUT2D eigenvalue weighted by Crippen LogP contribution is 2.25. The first-order valence-electron chi connectivity index (χ1n) is 7.61. The van der Waals surface area contributed by atoms with E-state index < -0.39 is 5.54 Å². The van der Waals surface area contributed by atoms with Crippen molar-refractivity contribution < 1.29 is 9.13 Å². The lowest BCUT2D eigenvalue weighted by Crippen LogP contribution is -2.42. The van der Waals surface area contributed by atoms with Gasteiger partial charge in [0.2, 0.25) is 0 Å². The Balaban J connectivity index is 1.69.